The van der Waals surface area contributed by atoms with Gasteiger partial charge in [-0.15, -0.1) is 18.3 Å². The molecule has 13 heteroatoms. The van der Waals surface area contributed by atoms with E-state index < -0.39 is 23.8 Å². The number of nitrogens with zero attached hydrogens (tertiary/aromatic N) is 4. The van der Waals surface area contributed by atoms with Gasteiger partial charge in [-0.1, -0.05) is 12.6 Å². The number of amides is 1. The molecule has 0 bridgehead atoms. The van der Waals surface area contributed by atoms with Crippen LogP contribution >= 0.6 is 0 Å². The third kappa shape index (κ3) is 5.82. The predicted octanol–water partition coefficient (Wildman–Crippen LogP) is 4.22. The fraction of sp³-hybridized carbons (Fsp3) is 0.0909. The lowest BCUT2D eigenvalue weighted by Crippen LogP contribution is -2.17. The molecule has 0 radical (unpaired) electrons. The molecule has 3 N–H and O–H groups in total. The van der Waals surface area contributed by atoms with Gasteiger partial charge in [0.25, 0.3) is 5.91 Å². The van der Waals surface area contributed by atoms with E-state index in [0.29, 0.717) is 11.3 Å². The molecule has 0 unspecified atom stereocenters. The number of carbonyl (C=O) groups excluding carboxylic acids is 1. The van der Waals surface area contributed by atoms with E-state index in [1.54, 1.807) is 6.07 Å². The molecule has 4 rings (SSSR count). The summed E-state index contributed by atoms with van der Waals surface area (Å²) in [6, 6.07) is 9.48. The first kappa shape index (κ1) is 23.5. The lowest BCUT2D eigenvalue weighted by molar-refractivity contribution is -0.274. The minimum atomic E-state index is -4.83. The van der Waals surface area contributed by atoms with Crippen LogP contribution in [-0.2, 0) is 6.42 Å². The van der Waals surface area contributed by atoms with Crippen molar-refractivity contribution >= 4 is 17.5 Å². The molecule has 1 aromatic carbocycles. The van der Waals surface area contributed by atoms with Crippen LogP contribution < -0.4 is 20.5 Å². The van der Waals surface area contributed by atoms with Gasteiger partial charge in [-0.2, -0.15) is 4.98 Å². The number of benzene rings is 1. The molecule has 35 heavy (non-hydrogen) atoms. The zero-order valence-electron chi connectivity index (χ0n) is 17.7. The summed E-state index contributed by atoms with van der Waals surface area (Å²) in [6.45, 7) is 3.84. The second kappa shape index (κ2) is 9.29. The molecule has 0 aliphatic heterocycles. The number of rotatable bonds is 8. The Morgan fingerprint density at radius 3 is 2.71 bits per heavy atom. The maximum absolute atomic E-state index is 14.6. The van der Waals surface area contributed by atoms with Crippen LogP contribution in [0.4, 0.5) is 23.5 Å². The third-order valence-electron chi connectivity index (χ3n) is 4.48. The molecule has 0 saturated carbocycles. The monoisotopic (exact) mass is 488 g/mol. The van der Waals surface area contributed by atoms with Crippen LogP contribution in [0.1, 0.15) is 15.9 Å². The Balaban J connectivity index is 1.42. The maximum Gasteiger partial charge on any atom is 0.573 e. The molecule has 0 atom stereocenters. The van der Waals surface area contributed by atoms with Gasteiger partial charge in [0.2, 0.25) is 11.8 Å². The number of halogens is 4. The second-order valence-electron chi connectivity index (χ2n) is 7.14. The first-order valence-electron chi connectivity index (χ1n) is 9.85. The van der Waals surface area contributed by atoms with Crippen molar-refractivity contribution in [3.63, 3.8) is 0 Å². The van der Waals surface area contributed by atoms with Crippen molar-refractivity contribution in [1.82, 2.24) is 19.6 Å². The van der Waals surface area contributed by atoms with Gasteiger partial charge in [0, 0.05) is 18.3 Å². The molecule has 180 valence electrons. The van der Waals surface area contributed by atoms with Gasteiger partial charge in [0.1, 0.15) is 11.3 Å². The molecule has 9 nitrogen and oxygen atoms in total. The van der Waals surface area contributed by atoms with E-state index >= 15 is 0 Å². The number of pyridine rings is 2. The zero-order chi connectivity index (χ0) is 25.2. The topological polar surface area (TPSA) is 117 Å². The highest BCUT2D eigenvalue weighted by atomic mass is 19.4. The van der Waals surface area contributed by atoms with Gasteiger partial charge in [0.15, 0.2) is 17.2 Å². The summed E-state index contributed by atoms with van der Waals surface area (Å²) in [5.74, 6) is -2.14. The molecule has 1 amide bonds. The van der Waals surface area contributed by atoms with E-state index in [0.717, 1.165) is 16.8 Å². The number of anilines is 1. The van der Waals surface area contributed by atoms with E-state index in [4.69, 9.17) is 10.5 Å². The van der Waals surface area contributed by atoms with E-state index in [1.165, 1.54) is 36.5 Å². The Hall–Kier alpha value is -4.68. The summed E-state index contributed by atoms with van der Waals surface area (Å²) >= 11 is 0. The smallest absolute Gasteiger partial charge is 0.435 e. The minimum absolute atomic E-state index is 0.00518. The number of carbonyl (C=O) groups is 1. The highest BCUT2D eigenvalue weighted by Gasteiger charge is 2.31. The Bertz CT molecular complexity index is 1420. The molecular weight excluding hydrogens is 472 g/mol. The number of primary amides is 1. The Kier molecular flexibility index (Phi) is 6.23. The standard InChI is InChI=1S/C22H16F4N6O3/c1-12(29-21-30-18-7-5-14(11-32(18)31-21)35-22(24,25)26)9-13-4-6-17(16(23)10-13)34-20-15(19(27)33)3-2-8-28-20/h2-8,10-11H,1,9H2,(H2,27,33)(H,29,31). The number of hydrogen-bond donors (Lipinski definition) is 2. The molecule has 0 spiro atoms. The molecule has 0 aliphatic carbocycles. The van der Waals surface area contributed by atoms with Gasteiger partial charge in [-0.3, -0.25) is 4.79 Å². The average molecular weight is 488 g/mol. The summed E-state index contributed by atoms with van der Waals surface area (Å²) in [7, 11) is 0. The fourth-order valence-corrected chi connectivity index (χ4v) is 3.06. The number of nitrogens with one attached hydrogen (secondary N) is 1. The highest BCUT2D eigenvalue weighted by Crippen LogP contribution is 2.27. The average Bonchev–Trinajstić information content (AvgIpc) is 3.16. The number of fused-ring (bicyclic) bond motifs is 1. The molecule has 4 aromatic rings. The molecule has 3 aromatic heterocycles. The summed E-state index contributed by atoms with van der Waals surface area (Å²) in [5, 5.41) is 6.86. The van der Waals surface area contributed by atoms with Gasteiger partial charge in [-0.25, -0.2) is 13.9 Å². The Labute approximate surface area is 194 Å². The molecule has 0 fully saturated rings. The van der Waals surface area contributed by atoms with E-state index in [-0.39, 0.29) is 35.2 Å². The first-order valence-corrected chi connectivity index (χ1v) is 9.85. The predicted molar refractivity (Wildman–Crippen MR) is 115 cm³/mol. The van der Waals surface area contributed by atoms with Crippen molar-refractivity contribution in [2.75, 3.05) is 5.32 Å². The number of allylic oxidation sites excluding steroid dienone is 1. The first-order chi connectivity index (χ1) is 16.6. The van der Waals surface area contributed by atoms with Crippen LogP contribution in [-0.4, -0.2) is 31.9 Å². The second-order valence-corrected chi connectivity index (χ2v) is 7.14. The molecular formula is C22H16F4N6O3. The van der Waals surface area contributed by atoms with E-state index in [2.05, 4.69) is 31.7 Å². The lowest BCUT2D eigenvalue weighted by Gasteiger charge is -2.10. The lowest BCUT2D eigenvalue weighted by atomic mass is 10.1. The summed E-state index contributed by atoms with van der Waals surface area (Å²) < 4.78 is 62.1. The van der Waals surface area contributed by atoms with Crippen LogP contribution in [0, 0.1) is 5.82 Å². The zero-order valence-corrected chi connectivity index (χ0v) is 17.7. The van der Waals surface area contributed by atoms with Crippen LogP contribution in [0.5, 0.6) is 17.4 Å². The van der Waals surface area contributed by atoms with Crippen LogP contribution in [0.15, 0.2) is 67.1 Å². The number of hydrogen-bond acceptors (Lipinski definition) is 7. The highest BCUT2D eigenvalue weighted by molar-refractivity contribution is 5.95. The largest absolute Gasteiger partial charge is 0.573 e. The normalized spacial score (nSPS) is 11.3. The van der Waals surface area contributed by atoms with Crippen LogP contribution in [0.3, 0.4) is 0 Å². The van der Waals surface area contributed by atoms with Crippen LogP contribution in [0.2, 0.25) is 0 Å². The maximum atomic E-state index is 14.6. The van der Waals surface area contributed by atoms with Crippen molar-refractivity contribution < 1.29 is 31.8 Å². The van der Waals surface area contributed by atoms with Crippen LogP contribution in [0.25, 0.3) is 5.65 Å². The van der Waals surface area contributed by atoms with Crippen molar-refractivity contribution in [1.29, 1.82) is 0 Å². The number of alkyl halides is 3. The Morgan fingerprint density at radius 1 is 1.20 bits per heavy atom. The van der Waals surface area contributed by atoms with Gasteiger partial charge in [0.05, 0.1) is 6.20 Å². The summed E-state index contributed by atoms with van der Waals surface area (Å²) in [4.78, 5) is 19.5. The fourth-order valence-electron chi connectivity index (χ4n) is 3.06. The van der Waals surface area contributed by atoms with Gasteiger partial charge in [-0.05, 0) is 42.0 Å². The van der Waals surface area contributed by atoms with Crippen molar-refractivity contribution in [3.8, 4) is 17.4 Å². The number of aromatic nitrogens is 4. The quantitative estimate of drug-likeness (QED) is 0.357. The number of nitrogens with two attached hydrogens (primary N) is 1. The number of ether oxygens (including phenoxy) is 2. The summed E-state index contributed by atoms with van der Waals surface area (Å²) in [6.07, 6.45) is -2.25. The van der Waals surface area contributed by atoms with E-state index in [1.807, 2.05) is 0 Å². The van der Waals surface area contributed by atoms with Crippen molar-refractivity contribution in [2.24, 2.45) is 5.73 Å². The minimum Gasteiger partial charge on any atom is -0.435 e. The third-order valence-corrected chi connectivity index (χ3v) is 4.48. The SMILES string of the molecule is C=C(Cc1ccc(Oc2ncccc2C(N)=O)c(F)c1)Nc1nc2ccc(OC(F)(F)F)cn2n1. The summed E-state index contributed by atoms with van der Waals surface area (Å²) in [5.41, 5.74) is 6.46. The Morgan fingerprint density at radius 2 is 2.00 bits per heavy atom. The van der Waals surface area contributed by atoms with Gasteiger partial charge < -0.3 is 20.5 Å². The van der Waals surface area contributed by atoms with Crippen molar-refractivity contribution in [3.05, 3.63) is 84.1 Å². The molecule has 3 heterocycles. The van der Waals surface area contributed by atoms with Crippen molar-refractivity contribution in [2.45, 2.75) is 12.8 Å². The molecule has 0 saturated heterocycles. The van der Waals surface area contributed by atoms with E-state index in [9.17, 15) is 22.4 Å². The van der Waals surface area contributed by atoms with Gasteiger partial charge >= 0.3 is 6.36 Å². The molecule has 0 aliphatic rings.